The molecule has 0 heterocycles. The Bertz CT molecular complexity index is 1380. The first-order chi connectivity index (χ1) is 19.1. The fourth-order valence-electron chi connectivity index (χ4n) is 4.14. The van der Waals surface area contributed by atoms with Gasteiger partial charge in [-0.15, -0.1) is 0 Å². The molecule has 1 N–H and O–H groups in total. The molecule has 0 aliphatic heterocycles. The van der Waals surface area contributed by atoms with Crippen LogP contribution in [0.4, 0.5) is 10.1 Å². The summed E-state index contributed by atoms with van der Waals surface area (Å²) >= 11 is 6.03. The van der Waals surface area contributed by atoms with E-state index in [2.05, 4.69) is 5.32 Å². The molecule has 0 aromatic heterocycles. The number of nitrogens with one attached hydrogen (secondary N) is 1. The molecule has 3 aromatic carbocycles. The number of amides is 2. The number of rotatable bonds is 13. The first-order valence-corrected chi connectivity index (χ1v) is 14.7. The number of sulfonamides is 1. The second-order valence-corrected chi connectivity index (χ2v) is 11.2. The number of carbonyl (C=O) groups excluding carboxylic acids is 2. The fourth-order valence-corrected chi connectivity index (χ4v) is 5.68. The van der Waals surface area contributed by atoms with Crippen LogP contribution in [0, 0.1) is 5.82 Å². The zero-order chi connectivity index (χ0) is 29.3. The number of hydrogen-bond acceptors (Lipinski definition) is 5. The molecule has 3 aromatic rings. The van der Waals surface area contributed by atoms with E-state index >= 15 is 0 Å². The Morgan fingerprint density at radius 3 is 2.12 bits per heavy atom. The normalized spacial score (nSPS) is 11.9. The maximum absolute atomic E-state index is 13.9. The molecule has 0 saturated carbocycles. The van der Waals surface area contributed by atoms with Gasteiger partial charge < -0.3 is 15.0 Å². The van der Waals surface area contributed by atoms with Crippen LogP contribution in [-0.4, -0.2) is 50.9 Å². The Morgan fingerprint density at radius 1 is 0.950 bits per heavy atom. The van der Waals surface area contributed by atoms with E-state index in [4.69, 9.17) is 16.3 Å². The number of benzene rings is 3. The highest BCUT2D eigenvalue weighted by Gasteiger charge is 2.33. The van der Waals surface area contributed by atoms with Crippen LogP contribution in [0.25, 0.3) is 0 Å². The van der Waals surface area contributed by atoms with E-state index in [0.717, 1.165) is 34.1 Å². The third-order valence-electron chi connectivity index (χ3n) is 6.12. The van der Waals surface area contributed by atoms with Gasteiger partial charge in [0.1, 0.15) is 24.2 Å². The molecule has 2 amide bonds. The third kappa shape index (κ3) is 7.73. The Balaban J connectivity index is 2.05. The number of nitrogens with zero attached hydrogens (tertiary/aromatic N) is 2. The second kappa shape index (κ2) is 14.1. The van der Waals surface area contributed by atoms with Gasteiger partial charge in [0.05, 0.1) is 17.2 Å². The molecule has 11 heteroatoms. The van der Waals surface area contributed by atoms with Crippen molar-refractivity contribution in [3.63, 3.8) is 0 Å². The van der Waals surface area contributed by atoms with E-state index in [1.54, 1.807) is 50.2 Å². The Kier molecular flexibility index (Phi) is 10.9. The van der Waals surface area contributed by atoms with Gasteiger partial charge in [0.15, 0.2) is 0 Å². The van der Waals surface area contributed by atoms with Crippen LogP contribution < -0.4 is 14.4 Å². The highest BCUT2D eigenvalue weighted by molar-refractivity contribution is 7.92. The average Bonchev–Trinajstić information content (AvgIpc) is 2.93. The van der Waals surface area contributed by atoms with Gasteiger partial charge in [-0.3, -0.25) is 13.9 Å². The largest absolute Gasteiger partial charge is 0.494 e. The molecular formula is C29H33ClFN3O5S. The zero-order valence-electron chi connectivity index (χ0n) is 22.6. The molecule has 0 fully saturated rings. The van der Waals surface area contributed by atoms with Crippen molar-refractivity contribution in [1.29, 1.82) is 0 Å². The molecule has 0 aliphatic carbocycles. The van der Waals surface area contributed by atoms with Crippen LogP contribution in [0.3, 0.4) is 0 Å². The second-order valence-electron chi connectivity index (χ2n) is 8.86. The van der Waals surface area contributed by atoms with E-state index in [0.29, 0.717) is 30.3 Å². The summed E-state index contributed by atoms with van der Waals surface area (Å²) in [4.78, 5) is 28.1. The Morgan fingerprint density at radius 2 is 1.57 bits per heavy atom. The number of likely N-dealkylation sites (N-methyl/N-ethyl adjacent to an activating group) is 1. The molecule has 1 atom stereocenters. The highest BCUT2D eigenvalue weighted by atomic mass is 35.5. The summed E-state index contributed by atoms with van der Waals surface area (Å²) in [5, 5.41) is 3.27. The number of hydrogen-bond donors (Lipinski definition) is 1. The smallest absolute Gasteiger partial charge is 0.264 e. The van der Waals surface area contributed by atoms with Crippen molar-refractivity contribution >= 4 is 39.1 Å². The van der Waals surface area contributed by atoms with E-state index < -0.39 is 34.3 Å². The molecular weight excluding hydrogens is 557 g/mol. The van der Waals surface area contributed by atoms with Crippen molar-refractivity contribution < 1.29 is 27.1 Å². The molecule has 40 heavy (non-hydrogen) atoms. The number of carbonyl (C=O) groups is 2. The van der Waals surface area contributed by atoms with Gasteiger partial charge in [0, 0.05) is 18.1 Å². The van der Waals surface area contributed by atoms with Crippen LogP contribution in [0.15, 0.2) is 77.7 Å². The van der Waals surface area contributed by atoms with Gasteiger partial charge in [-0.25, -0.2) is 12.8 Å². The van der Waals surface area contributed by atoms with Crippen molar-refractivity contribution in [2.24, 2.45) is 0 Å². The van der Waals surface area contributed by atoms with Crippen LogP contribution >= 0.6 is 11.6 Å². The van der Waals surface area contributed by atoms with Crippen molar-refractivity contribution in [2.75, 3.05) is 24.0 Å². The van der Waals surface area contributed by atoms with Crippen molar-refractivity contribution in [1.82, 2.24) is 10.2 Å². The minimum Gasteiger partial charge on any atom is -0.494 e. The third-order valence-corrected chi connectivity index (χ3v) is 8.16. The molecule has 0 radical (unpaired) electrons. The van der Waals surface area contributed by atoms with Crippen LogP contribution in [0.1, 0.15) is 32.8 Å². The summed E-state index contributed by atoms with van der Waals surface area (Å²) in [7, 11) is -4.31. The standard InChI is InChI=1S/C29H33ClFN3O5S/c1-4-27(29(36)32-5-2)33(19-21-7-9-22(30)10-8-21)28(35)20-34(24-13-15-25(16-14-24)39-6-3)40(37,38)26-17-11-23(31)12-18-26/h7-18,27H,4-6,19-20H2,1-3H3,(H,32,36)/t27-/m0/s1. The summed E-state index contributed by atoms with van der Waals surface area (Å²) in [6.45, 7) is 5.63. The van der Waals surface area contributed by atoms with E-state index in [1.807, 2.05) is 6.92 Å². The fraction of sp³-hybridized carbons (Fsp3) is 0.310. The maximum Gasteiger partial charge on any atom is 0.264 e. The summed E-state index contributed by atoms with van der Waals surface area (Å²) in [6.07, 6.45) is 0.304. The van der Waals surface area contributed by atoms with Gasteiger partial charge >= 0.3 is 0 Å². The number of ether oxygens (including phenoxy) is 1. The van der Waals surface area contributed by atoms with Crippen molar-refractivity contribution in [3.8, 4) is 5.75 Å². The van der Waals surface area contributed by atoms with Gasteiger partial charge in [-0.05, 0) is 86.5 Å². The highest BCUT2D eigenvalue weighted by Crippen LogP contribution is 2.27. The molecule has 0 saturated heterocycles. The molecule has 0 aliphatic rings. The van der Waals surface area contributed by atoms with Gasteiger partial charge in [0.2, 0.25) is 11.8 Å². The lowest BCUT2D eigenvalue weighted by atomic mass is 10.1. The molecule has 0 unspecified atom stereocenters. The molecule has 0 bridgehead atoms. The molecule has 8 nitrogen and oxygen atoms in total. The zero-order valence-corrected chi connectivity index (χ0v) is 24.2. The quantitative estimate of drug-likeness (QED) is 0.302. The number of halogens is 2. The lowest BCUT2D eigenvalue weighted by Crippen LogP contribution is -2.52. The summed E-state index contributed by atoms with van der Waals surface area (Å²) in [6, 6.07) is 16.6. The van der Waals surface area contributed by atoms with Gasteiger partial charge in [0.25, 0.3) is 10.0 Å². The SMILES string of the molecule is CCNC(=O)[C@H](CC)N(Cc1ccc(Cl)cc1)C(=O)CN(c1ccc(OCC)cc1)S(=O)(=O)c1ccc(F)cc1. The van der Waals surface area contributed by atoms with Crippen LogP contribution in [0.5, 0.6) is 5.75 Å². The van der Waals surface area contributed by atoms with Crippen LogP contribution in [0.2, 0.25) is 5.02 Å². The van der Waals surface area contributed by atoms with E-state index in [9.17, 15) is 22.4 Å². The summed E-state index contributed by atoms with van der Waals surface area (Å²) in [5.74, 6) is -0.998. The molecule has 0 spiro atoms. The Labute approximate surface area is 239 Å². The van der Waals surface area contributed by atoms with E-state index in [1.165, 1.54) is 17.0 Å². The maximum atomic E-state index is 13.9. The van der Waals surface area contributed by atoms with E-state index in [-0.39, 0.29) is 23.0 Å². The summed E-state index contributed by atoms with van der Waals surface area (Å²) in [5.41, 5.74) is 0.924. The monoisotopic (exact) mass is 589 g/mol. The minimum atomic E-state index is -4.31. The minimum absolute atomic E-state index is 0.0549. The lowest BCUT2D eigenvalue weighted by Gasteiger charge is -2.33. The predicted octanol–water partition coefficient (Wildman–Crippen LogP) is 5.02. The first kappa shape index (κ1) is 30.9. The van der Waals surface area contributed by atoms with Gasteiger partial charge in [-0.2, -0.15) is 0 Å². The number of anilines is 1. The first-order valence-electron chi connectivity index (χ1n) is 12.9. The van der Waals surface area contributed by atoms with Crippen LogP contribution in [-0.2, 0) is 26.2 Å². The molecule has 3 rings (SSSR count). The molecule has 214 valence electrons. The topological polar surface area (TPSA) is 96.0 Å². The summed E-state index contributed by atoms with van der Waals surface area (Å²) < 4.78 is 47.6. The Hall–Kier alpha value is -3.63. The average molecular weight is 590 g/mol. The lowest BCUT2D eigenvalue weighted by molar-refractivity contribution is -0.140. The van der Waals surface area contributed by atoms with Crippen molar-refractivity contribution in [2.45, 2.75) is 44.7 Å². The van der Waals surface area contributed by atoms with Crippen molar-refractivity contribution in [3.05, 3.63) is 89.2 Å². The van der Waals surface area contributed by atoms with Gasteiger partial charge in [-0.1, -0.05) is 30.7 Å². The predicted molar refractivity (Wildman–Crippen MR) is 153 cm³/mol.